The molecule has 6 aliphatic rings. The number of aliphatic hydroxyl groups is 2. The summed E-state index contributed by atoms with van der Waals surface area (Å²) in [6.45, 7) is 9.77. The first-order valence-electron chi connectivity index (χ1n) is 20.8. The number of likely N-dealkylation sites (N-methyl/N-ethyl adjacent to an activating group) is 1. The summed E-state index contributed by atoms with van der Waals surface area (Å²) in [6.07, 6.45) is 9.52. The molecule has 2 amide bonds. The van der Waals surface area contributed by atoms with Crippen molar-refractivity contribution >= 4 is 23.6 Å². The number of carbonyl (C=O) groups excluding carboxylic acids is 2. The summed E-state index contributed by atoms with van der Waals surface area (Å²) in [5.74, 6) is 2.80. The molecule has 1 saturated heterocycles. The van der Waals surface area contributed by atoms with E-state index in [0.717, 1.165) is 63.7 Å². The van der Waals surface area contributed by atoms with Crippen molar-refractivity contribution in [2.75, 3.05) is 67.0 Å². The van der Waals surface area contributed by atoms with E-state index in [4.69, 9.17) is 9.57 Å². The lowest BCUT2D eigenvalue weighted by atomic mass is 9.45. The van der Waals surface area contributed by atoms with Gasteiger partial charge < -0.3 is 35.4 Å². The fourth-order valence-corrected chi connectivity index (χ4v) is 12.2. The van der Waals surface area contributed by atoms with Crippen LogP contribution >= 0.6 is 11.8 Å². The molecule has 0 aromatic heterocycles. The Morgan fingerprint density at radius 2 is 1.81 bits per heavy atom. The van der Waals surface area contributed by atoms with Gasteiger partial charge in [-0.05, 0) is 133 Å². The maximum absolute atomic E-state index is 14.3. The standard InChI is InChI=1S/C41H75N5O6S/c1-24-33-19-29(41(33,3)4)20-34(24)43-40(50)37-36(25(2)48)35(23-47)52-46(37)21-26-12-11-13-32(38(26)51-9)27-16-28(18-31(17-27)45(7)8)39(49)42-30(14-15-53-10)22-44(5)6/h24-38,47-48H,11-23H2,1-10H3,(H,42,49)(H,43,50)/t24-,25-,26?,27?,28?,29+,30-,31?,32?,33-,34-,35-,36-,37-,38?/m0/s1. The minimum atomic E-state index is -0.826. The first-order chi connectivity index (χ1) is 25.1. The average molecular weight is 766 g/mol. The third kappa shape index (κ3) is 9.59. The third-order valence-electron chi connectivity index (χ3n) is 14.8. The van der Waals surface area contributed by atoms with Crippen molar-refractivity contribution in [1.82, 2.24) is 25.5 Å². The van der Waals surface area contributed by atoms with E-state index in [-0.39, 0.29) is 54.4 Å². The van der Waals surface area contributed by atoms with Crippen LogP contribution in [0.15, 0.2) is 0 Å². The molecule has 4 N–H and O–H groups in total. The van der Waals surface area contributed by atoms with Crippen LogP contribution in [0.4, 0.5) is 0 Å². The fraction of sp³-hybridized carbons (Fsp3) is 0.951. The number of carbonyl (C=O) groups is 2. The molecule has 1 aliphatic heterocycles. The second-order valence-electron chi connectivity index (χ2n) is 18.8. The Morgan fingerprint density at radius 3 is 2.40 bits per heavy atom. The second-order valence-corrected chi connectivity index (χ2v) is 19.8. The molecule has 11 nitrogen and oxygen atoms in total. The van der Waals surface area contributed by atoms with E-state index in [0.29, 0.717) is 41.7 Å². The maximum Gasteiger partial charge on any atom is 0.240 e. The molecular formula is C41H75N5O6S. The summed E-state index contributed by atoms with van der Waals surface area (Å²) >= 11 is 1.82. The van der Waals surface area contributed by atoms with Gasteiger partial charge in [0.15, 0.2) is 0 Å². The zero-order valence-electron chi connectivity index (χ0n) is 34.6. The summed E-state index contributed by atoms with van der Waals surface area (Å²) in [5, 5.41) is 30.1. The number of rotatable bonds is 16. The number of thioether (sulfide) groups is 1. The van der Waals surface area contributed by atoms with Gasteiger partial charge in [-0.15, -0.1) is 0 Å². The molecule has 306 valence electrons. The van der Waals surface area contributed by atoms with Gasteiger partial charge in [0.1, 0.15) is 12.1 Å². The molecule has 53 heavy (non-hydrogen) atoms. The largest absolute Gasteiger partial charge is 0.394 e. The molecular weight excluding hydrogens is 691 g/mol. The Bertz CT molecular complexity index is 1210. The Kier molecular flexibility index (Phi) is 15.1. The minimum Gasteiger partial charge on any atom is -0.394 e. The number of aliphatic hydroxyl groups excluding tert-OH is 2. The van der Waals surface area contributed by atoms with Crippen molar-refractivity contribution < 1.29 is 29.4 Å². The highest BCUT2D eigenvalue weighted by atomic mass is 32.2. The van der Waals surface area contributed by atoms with Gasteiger partial charge in [0, 0.05) is 56.1 Å². The predicted molar refractivity (Wildman–Crippen MR) is 212 cm³/mol. The molecule has 6 rings (SSSR count). The number of nitrogens with one attached hydrogen (secondary N) is 2. The van der Waals surface area contributed by atoms with E-state index in [2.05, 4.69) is 75.7 Å². The predicted octanol–water partition coefficient (Wildman–Crippen LogP) is 3.72. The number of methoxy groups -OCH3 is 1. The van der Waals surface area contributed by atoms with Crippen LogP contribution in [0.25, 0.3) is 0 Å². The van der Waals surface area contributed by atoms with Crippen molar-refractivity contribution in [2.24, 2.45) is 52.8 Å². The van der Waals surface area contributed by atoms with Gasteiger partial charge in [0.25, 0.3) is 0 Å². The van der Waals surface area contributed by atoms with Crippen LogP contribution in [0.3, 0.4) is 0 Å². The molecule has 2 bridgehead atoms. The SMILES string of the molecule is COC1C(CN2O[C@@H](CO)[C@H]([C@H](C)O)[C@H]2C(=O)N[C@H]2C[C@H]3C[C@@H]([C@@H]2C)C3(C)C)CCCC1C1CC(C(=O)N[C@@H](CCSC)CN(C)C)CC(N(C)C)C1. The van der Waals surface area contributed by atoms with E-state index in [1.54, 1.807) is 12.0 Å². The number of amides is 2. The summed E-state index contributed by atoms with van der Waals surface area (Å²) in [6, 6.07) is -0.163. The van der Waals surface area contributed by atoms with E-state index in [1.807, 2.05) is 18.9 Å². The molecule has 5 aliphatic carbocycles. The van der Waals surface area contributed by atoms with Gasteiger partial charge in [-0.3, -0.25) is 14.4 Å². The van der Waals surface area contributed by atoms with Crippen molar-refractivity contribution in [1.29, 1.82) is 0 Å². The van der Waals surface area contributed by atoms with E-state index < -0.39 is 24.2 Å². The molecule has 0 aromatic rings. The normalized spacial score (nSPS) is 39.8. The summed E-state index contributed by atoms with van der Waals surface area (Å²) in [4.78, 5) is 39.2. The quantitative estimate of drug-likeness (QED) is 0.185. The Balaban J connectivity index is 1.31. The van der Waals surface area contributed by atoms with Crippen molar-refractivity contribution in [2.45, 2.75) is 128 Å². The van der Waals surface area contributed by atoms with Crippen molar-refractivity contribution in [3.05, 3.63) is 0 Å². The minimum absolute atomic E-state index is 0.0520. The Labute approximate surface area is 325 Å². The summed E-state index contributed by atoms with van der Waals surface area (Å²) in [7, 11) is 10.2. The zero-order chi connectivity index (χ0) is 38.8. The molecule has 0 spiro atoms. The van der Waals surface area contributed by atoms with Gasteiger partial charge in [0.05, 0.1) is 18.8 Å². The van der Waals surface area contributed by atoms with E-state index in [9.17, 15) is 19.8 Å². The first kappa shape index (κ1) is 43.1. The van der Waals surface area contributed by atoms with Crippen LogP contribution in [-0.4, -0.2) is 146 Å². The fourth-order valence-electron chi connectivity index (χ4n) is 11.6. The van der Waals surface area contributed by atoms with E-state index >= 15 is 0 Å². The molecule has 5 saturated carbocycles. The Hall–Kier alpha value is -0.990. The van der Waals surface area contributed by atoms with Crippen LogP contribution in [0.5, 0.6) is 0 Å². The molecule has 6 unspecified atom stereocenters. The monoisotopic (exact) mass is 766 g/mol. The smallest absolute Gasteiger partial charge is 0.240 e. The maximum atomic E-state index is 14.3. The van der Waals surface area contributed by atoms with Gasteiger partial charge in [-0.1, -0.05) is 27.2 Å². The number of hydrogen-bond donors (Lipinski definition) is 4. The second kappa shape index (κ2) is 18.5. The third-order valence-corrected chi connectivity index (χ3v) is 15.4. The lowest BCUT2D eigenvalue weighted by Crippen LogP contribution is -2.62. The molecule has 0 radical (unpaired) electrons. The number of hydrogen-bond acceptors (Lipinski definition) is 10. The zero-order valence-corrected chi connectivity index (χ0v) is 35.4. The van der Waals surface area contributed by atoms with Crippen molar-refractivity contribution in [3.8, 4) is 0 Å². The van der Waals surface area contributed by atoms with Crippen LogP contribution in [-0.2, 0) is 19.2 Å². The highest BCUT2D eigenvalue weighted by Crippen LogP contribution is 2.61. The number of fused-ring (bicyclic) bond motifs is 2. The van der Waals surface area contributed by atoms with Crippen LogP contribution < -0.4 is 10.6 Å². The number of hydroxylamine groups is 2. The van der Waals surface area contributed by atoms with Gasteiger partial charge in [-0.2, -0.15) is 16.8 Å². The van der Waals surface area contributed by atoms with Gasteiger partial charge in [-0.25, -0.2) is 0 Å². The van der Waals surface area contributed by atoms with Gasteiger partial charge >= 0.3 is 0 Å². The number of nitrogens with zero attached hydrogens (tertiary/aromatic N) is 3. The molecule has 15 atom stereocenters. The molecule has 1 heterocycles. The van der Waals surface area contributed by atoms with Crippen LogP contribution in [0.2, 0.25) is 0 Å². The molecule has 12 heteroatoms. The number of ether oxygens (including phenoxy) is 1. The van der Waals surface area contributed by atoms with E-state index in [1.165, 1.54) is 6.42 Å². The highest BCUT2D eigenvalue weighted by Gasteiger charge is 2.58. The Morgan fingerprint density at radius 1 is 1.08 bits per heavy atom. The highest BCUT2D eigenvalue weighted by molar-refractivity contribution is 7.98. The summed E-state index contributed by atoms with van der Waals surface area (Å²) < 4.78 is 6.42. The van der Waals surface area contributed by atoms with Crippen LogP contribution in [0, 0.1) is 52.8 Å². The van der Waals surface area contributed by atoms with Gasteiger partial charge in [0.2, 0.25) is 11.8 Å². The summed E-state index contributed by atoms with van der Waals surface area (Å²) in [5.41, 5.74) is 0.317. The molecule has 0 aromatic carbocycles. The topological polar surface area (TPSA) is 127 Å². The first-order valence-corrected chi connectivity index (χ1v) is 22.2. The van der Waals surface area contributed by atoms with Crippen molar-refractivity contribution in [3.63, 3.8) is 0 Å². The molecule has 6 fully saturated rings. The average Bonchev–Trinajstić information content (AvgIpc) is 3.49. The lowest BCUT2D eigenvalue weighted by molar-refractivity contribution is -0.193. The lowest BCUT2D eigenvalue weighted by Gasteiger charge is -2.62. The van der Waals surface area contributed by atoms with Crippen LogP contribution in [0.1, 0.15) is 85.5 Å².